The third-order valence-electron chi connectivity index (χ3n) is 6.87. The van der Waals surface area contributed by atoms with Crippen LogP contribution in [0, 0.1) is 5.82 Å². The number of ether oxygens (including phenoxy) is 2. The third-order valence-corrected chi connectivity index (χ3v) is 6.87. The summed E-state index contributed by atoms with van der Waals surface area (Å²) in [6.45, 7) is 5.86. The first-order valence-corrected chi connectivity index (χ1v) is 11.7. The summed E-state index contributed by atoms with van der Waals surface area (Å²) in [7, 11) is 0. The van der Waals surface area contributed by atoms with Crippen molar-refractivity contribution >= 4 is 11.6 Å². The summed E-state index contributed by atoms with van der Waals surface area (Å²) < 4.78 is 26.0. The van der Waals surface area contributed by atoms with E-state index in [1.165, 1.54) is 25.3 Å². The van der Waals surface area contributed by atoms with E-state index >= 15 is 0 Å². The van der Waals surface area contributed by atoms with Gasteiger partial charge in [-0.25, -0.2) is 4.39 Å². The van der Waals surface area contributed by atoms with Gasteiger partial charge in [-0.15, -0.1) is 0 Å². The molecule has 0 saturated carbocycles. The molecule has 0 radical (unpaired) electrons. The highest BCUT2D eigenvalue weighted by molar-refractivity contribution is 5.99. The molecule has 2 saturated heterocycles. The van der Waals surface area contributed by atoms with E-state index < -0.39 is 5.41 Å². The zero-order valence-electron chi connectivity index (χ0n) is 18.8. The Morgan fingerprint density at radius 2 is 1.91 bits per heavy atom. The number of amides is 1. The number of hydrogen-bond donors (Lipinski definition) is 1. The first-order valence-electron chi connectivity index (χ1n) is 11.7. The summed E-state index contributed by atoms with van der Waals surface area (Å²) in [5.74, 6) is 0.234. The van der Waals surface area contributed by atoms with Crippen LogP contribution >= 0.6 is 0 Å². The SMILES string of the molecule is C[C@@H]1CCCCN1CCOc1ccc(NC(=O)C2(c3ccccc3F)CCOCC2)cc1. The van der Waals surface area contributed by atoms with Gasteiger partial charge in [-0.3, -0.25) is 9.69 Å². The van der Waals surface area contributed by atoms with E-state index in [4.69, 9.17) is 9.47 Å². The molecule has 4 rings (SSSR count). The molecule has 172 valence electrons. The summed E-state index contributed by atoms with van der Waals surface area (Å²) >= 11 is 0. The fourth-order valence-corrected chi connectivity index (χ4v) is 4.84. The minimum absolute atomic E-state index is 0.196. The molecule has 0 spiro atoms. The van der Waals surface area contributed by atoms with Crippen LogP contribution in [-0.2, 0) is 14.9 Å². The number of benzene rings is 2. The molecule has 1 atom stereocenters. The van der Waals surface area contributed by atoms with Crippen molar-refractivity contribution in [2.45, 2.75) is 50.5 Å². The molecule has 1 N–H and O–H groups in total. The Labute approximate surface area is 189 Å². The number of anilines is 1. The van der Waals surface area contributed by atoms with Crippen molar-refractivity contribution in [2.75, 3.05) is 38.2 Å². The molecular formula is C26H33FN2O3. The average Bonchev–Trinajstić information content (AvgIpc) is 2.82. The zero-order valence-corrected chi connectivity index (χ0v) is 18.8. The Kier molecular flexibility index (Phi) is 7.43. The van der Waals surface area contributed by atoms with Gasteiger partial charge in [0.05, 0.1) is 5.41 Å². The van der Waals surface area contributed by atoms with Crippen LogP contribution in [0.2, 0.25) is 0 Å². The molecule has 0 aliphatic carbocycles. The van der Waals surface area contributed by atoms with Crippen molar-refractivity contribution < 1.29 is 18.7 Å². The lowest BCUT2D eigenvalue weighted by atomic mass is 9.73. The second-order valence-corrected chi connectivity index (χ2v) is 8.88. The van der Waals surface area contributed by atoms with Crippen LogP contribution < -0.4 is 10.1 Å². The van der Waals surface area contributed by atoms with Crippen molar-refractivity contribution in [2.24, 2.45) is 0 Å². The smallest absolute Gasteiger partial charge is 0.235 e. The topological polar surface area (TPSA) is 50.8 Å². The van der Waals surface area contributed by atoms with E-state index in [-0.39, 0.29) is 11.7 Å². The highest BCUT2D eigenvalue weighted by Crippen LogP contribution is 2.37. The molecule has 2 fully saturated rings. The number of carbonyl (C=O) groups excluding carboxylic acids is 1. The number of hydrogen-bond acceptors (Lipinski definition) is 4. The van der Waals surface area contributed by atoms with Gasteiger partial charge in [0.25, 0.3) is 0 Å². The minimum atomic E-state index is -0.927. The van der Waals surface area contributed by atoms with E-state index in [2.05, 4.69) is 17.1 Å². The molecule has 32 heavy (non-hydrogen) atoms. The Morgan fingerprint density at radius 1 is 1.16 bits per heavy atom. The Balaban J connectivity index is 1.37. The number of likely N-dealkylation sites (tertiary alicyclic amines) is 1. The molecule has 0 unspecified atom stereocenters. The largest absolute Gasteiger partial charge is 0.492 e. The van der Waals surface area contributed by atoms with E-state index in [0.29, 0.717) is 50.0 Å². The second kappa shape index (κ2) is 10.5. The van der Waals surface area contributed by atoms with Gasteiger partial charge in [-0.05, 0) is 69.5 Å². The lowest BCUT2D eigenvalue weighted by Gasteiger charge is -2.36. The van der Waals surface area contributed by atoms with E-state index in [9.17, 15) is 9.18 Å². The minimum Gasteiger partial charge on any atom is -0.492 e. The summed E-state index contributed by atoms with van der Waals surface area (Å²) in [5, 5.41) is 2.99. The highest BCUT2D eigenvalue weighted by Gasteiger charge is 2.43. The van der Waals surface area contributed by atoms with Gasteiger partial charge in [0, 0.05) is 37.1 Å². The molecule has 5 nitrogen and oxygen atoms in total. The summed E-state index contributed by atoms with van der Waals surface area (Å²) in [4.78, 5) is 15.8. The zero-order chi connectivity index (χ0) is 22.4. The lowest BCUT2D eigenvalue weighted by molar-refractivity contribution is -0.125. The normalized spacial score (nSPS) is 21.1. The van der Waals surface area contributed by atoms with Crippen molar-refractivity contribution in [3.05, 3.63) is 59.9 Å². The van der Waals surface area contributed by atoms with Crippen LogP contribution in [0.3, 0.4) is 0 Å². The molecular weight excluding hydrogens is 407 g/mol. The first kappa shape index (κ1) is 22.7. The van der Waals surface area contributed by atoms with Crippen LogP contribution in [-0.4, -0.2) is 49.8 Å². The molecule has 6 heteroatoms. The van der Waals surface area contributed by atoms with E-state index in [1.807, 2.05) is 24.3 Å². The van der Waals surface area contributed by atoms with E-state index in [1.54, 1.807) is 18.2 Å². The Bertz CT molecular complexity index is 896. The number of nitrogens with zero attached hydrogens (tertiary/aromatic N) is 1. The molecule has 2 aromatic carbocycles. The fraction of sp³-hybridized carbons (Fsp3) is 0.500. The maximum atomic E-state index is 14.6. The third kappa shape index (κ3) is 5.13. The van der Waals surface area contributed by atoms with Crippen LogP contribution in [0.25, 0.3) is 0 Å². The van der Waals surface area contributed by atoms with Crippen molar-refractivity contribution in [1.82, 2.24) is 4.90 Å². The van der Waals surface area contributed by atoms with E-state index in [0.717, 1.165) is 18.8 Å². The molecule has 2 heterocycles. The van der Waals surface area contributed by atoms with Crippen LogP contribution in [0.4, 0.5) is 10.1 Å². The number of halogens is 1. The molecule has 1 amide bonds. The highest BCUT2D eigenvalue weighted by atomic mass is 19.1. The number of rotatable bonds is 7. The van der Waals surface area contributed by atoms with Crippen molar-refractivity contribution in [3.63, 3.8) is 0 Å². The summed E-state index contributed by atoms with van der Waals surface area (Å²) in [5.41, 5.74) is 0.186. The van der Waals surface area contributed by atoms with Gasteiger partial charge in [-0.2, -0.15) is 0 Å². The van der Waals surface area contributed by atoms with Crippen molar-refractivity contribution in [1.29, 1.82) is 0 Å². The van der Waals surface area contributed by atoms with Gasteiger partial charge in [0.1, 0.15) is 18.2 Å². The number of piperidine rings is 1. The molecule has 2 aromatic rings. The predicted molar refractivity (Wildman–Crippen MR) is 124 cm³/mol. The Morgan fingerprint density at radius 3 is 2.62 bits per heavy atom. The van der Waals surface area contributed by atoms with Gasteiger partial charge in [-0.1, -0.05) is 24.6 Å². The van der Waals surface area contributed by atoms with Crippen LogP contribution in [0.1, 0.15) is 44.6 Å². The molecule has 2 aliphatic rings. The van der Waals surface area contributed by atoms with Gasteiger partial charge < -0.3 is 14.8 Å². The first-order chi connectivity index (χ1) is 15.6. The maximum absolute atomic E-state index is 14.6. The fourth-order valence-electron chi connectivity index (χ4n) is 4.84. The quantitative estimate of drug-likeness (QED) is 0.674. The Hall–Kier alpha value is -2.44. The summed E-state index contributed by atoms with van der Waals surface area (Å²) in [6, 6.07) is 14.6. The van der Waals surface area contributed by atoms with Crippen molar-refractivity contribution in [3.8, 4) is 5.75 Å². The molecule has 0 aromatic heterocycles. The monoisotopic (exact) mass is 440 g/mol. The summed E-state index contributed by atoms with van der Waals surface area (Å²) in [6.07, 6.45) is 4.75. The van der Waals surface area contributed by atoms with Crippen LogP contribution in [0.15, 0.2) is 48.5 Å². The maximum Gasteiger partial charge on any atom is 0.235 e. The molecule has 2 aliphatic heterocycles. The van der Waals surface area contributed by atoms with Gasteiger partial charge in [0.2, 0.25) is 5.91 Å². The predicted octanol–water partition coefficient (Wildman–Crippen LogP) is 4.77. The van der Waals surface area contributed by atoms with Gasteiger partial charge in [0.15, 0.2) is 0 Å². The second-order valence-electron chi connectivity index (χ2n) is 8.88. The standard InChI is InChI=1S/C26H33FN2O3/c1-20-6-4-5-15-29(20)16-19-32-22-11-9-21(10-12-22)28-25(30)26(13-17-31-18-14-26)23-7-2-3-8-24(23)27/h2-3,7-12,20H,4-6,13-19H2,1H3,(H,28,30)/t20-/m1/s1. The van der Waals surface area contributed by atoms with Gasteiger partial charge >= 0.3 is 0 Å². The number of nitrogens with one attached hydrogen (secondary N) is 1. The number of carbonyl (C=O) groups is 1. The lowest BCUT2D eigenvalue weighted by Crippen LogP contribution is -2.45. The van der Waals surface area contributed by atoms with Crippen LogP contribution in [0.5, 0.6) is 5.75 Å². The average molecular weight is 441 g/mol. The molecule has 0 bridgehead atoms.